The van der Waals surface area contributed by atoms with Crippen LogP contribution < -0.4 is 5.32 Å². The summed E-state index contributed by atoms with van der Waals surface area (Å²) in [6, 6.07) is 8.91. The van der Waals surface area contributed by atoms with Gasteiger partial charge in [0.15, 0.2) is 11.6 Å². The lowest BCUT2D eigenvalue weighted by molar-refractivity contribution is -0.115. The first-order chi connectivity index (χ1) is 11.5. The van der Waals surface area contributed by atoms with Gasteiger partial charge >= 0.3 is 0 Å². The highest BCUT2D eigenvalue weighted by Crippen LogP contribution is 2.29. The Labute approximate surface area is 147 Å². The molecule has 8 heteroatoms. The lowest BCUT2D eigenvalue weighted by atomic mass is 10.2. The monoisotopic (exact) mass is 363 g/mol. The Morgan fingerprint density at radius 1 is 1.33 bits per heavy atom. The molecule has 0 aliphatic carbocycles. The van der Waals surface area contributed by atoms with Crippen molar-refractivity contribution in [2.24, 2.45) is 0 Å². The number of rotatable bonds is 5. The molecule has 2 heterocycles. The summed E-state index contributed by atoms with van der Waals surface area (Å²) in [7, 11) is 0. The van der Waals surface area contributed by atoms with Gasteiger partial charge < -0.3 is 14.3 Å². The Morgan fingerprint density at radius 3 is 2.75 bits per heavy atom. The summed E-state index contributed by atoms with van der Waals surface area (Å²) in [5, 5.41) is 7.07. The molecule has 0 saturated heterocycles. The third kappa shape index (κ3) is 3.98. The second kappa shape index (κ2) is 7.11. The van der Waals surface area contributed by atoms with Crippen molar-refractivity contribution in [1.82, 2.24) is 10.1 Å². The second-order valence-corrected chi connectivity index (χ2v) is 6.80. The third-order valence-electron chi connectivity index (χ3n) is 3.14. The molecule has 0 bridgehead atoms. The van der Waals surface area contributed by atoms with E-state index in [0.717, 1.165) is 5.56 Å². The fourth-order valence-corrected chi connectivity index (χ4v) is 2.76. The van der Waals surface area contributed by atoms with Crippen molar-refractivity contribution in [3.63, 3.8) is 0 Å². The number of anilines is 1. The first kappa shape index (κ1) is 16.6. The fraction of sp³-hybridized carbons (Fsp3) is 0.188. The van der Waals surface area contributed by atoms with Gasteiger partial charge in [-0.2, -0.15) is 0 Å². The quantitative estimate of drug-likeness (QED) is 0.676. The maximum atomic E-state index is 12.1. The molecule has 0 fully saturated rings. The Balaban J connectivity index is 1.63. The van der Waals surface area contributed by atoms with E-state index in [9.17, 15) is 4.79 Å². The van der Waals surface area contributed by atoms with E-state index in [0.29, 0.717) is 27.6 Å². The number of hydrogen-bond acceptors (Lipinski definition) is 6. The normalized spacial score (nSPS) is 12.1. The number of aromatic nitrogens is 2. The molecular weight excluding hydrogens is 350 g/mol. The summed E-state index contributed by atoms with van der Waals surface area (Å²) in [6.45, 7) is 3.52. The molecule has 1 unspecified atom stereocenters. The molecule has 1 amide bonds. The summed E-state index contributed by atoms with van der Waals surface area (Å²) in [6.07, 6.45) is 1.62. The van der Waals surface area contributed by atoms with E-state index in [4.69, 9.17) is 20.5 Å². The number of carbonyl (C=O) groups excluding carboxylic acids is 1. The van der Waals surface area contributed by atoms with Crippen LogP contribution in [0.25, 0.3) is 11.3 Å². The van der Waals surface area contributed by atoms with Crippen molar-refractivity contribution in [2.75, 3.05) is 5.32 Å². The van der Waals surface area contributed by atoms with Gasteiger partial charge in [-0.1, -0.05) is 28.5 Å². The lowest BCUT2D eigenvalue weighted by Crippen LogP contribution is -2.22. The van der Waals surface area contributed by atoms with Gasteiger partial charge in [0.2, 0.25) is 5.91 Å². The highest BCUT2D eigenvalue weighted by atomic mass is 35.5. The van der Waals surface area contributed by atoms with E-state index in [1.54, 1.807) is 38.2 Å². The molecule has 0 aliphatic rings. The molecule has 3 rings (SSSR count). The van der Waals surface area contributed by atoms with Crippen molar-refractivity contribution in [3.05, 3.63) is 47.3 Å². The number of aryl methyl sites for hydroxylation is 1. The van der Waals surface area contributed by atoms with E-state index < -0.39 is 5.25 Å². The van der Waals surface area contributed by atoms with Crippen LogP contribution in [0.5, 0.6) is 0 Å². The molecule has 0 spiro atoms. The Morgan fingerprint density at radius 2 is 2.08 bits per heavy atom. The van der Waals surface area contributed by atoms with E-state index in [2.05, 4.69) is 15.5 Å². The predicted octanol–water partition coefficient (Wildman–Crippen LogP) is 4.41. The van der Waals surface area contributed by atoms with Crippen molar-refractivity contribution >= 4 is 35.1 Å². The van der Waals surface area contributed by atoms with Crippen molar-refractivity contribution in [2.45, 2.75) is 24.3 Å². The van der Waals surface area contributed by atoms with Crippen molar-refractivity contribution < 1.29 is 13.7 Å². The van der Waals surface area contributed by atoms with Crippen LogP contribution in [0, 0.1) is 6.92 Å². The lowest BCUT2D eigenvalue weighted by Gasteiger charge is -2.07. The minimum atomic E-state index is -0.404. The molecule has 0 saturated carbocycles. The number of oxazole rings is 1. The number of nitrogens with zero attached hydrogens (tertiary/aromatic N) is 2. The molecule has 1 N–H and O–H groups in total. The third-order valence-corrected chi connectivity index (χ3v) is 4.35. The molecule has 3 aromatic rings. The molecule has 1 aromatic carbocycles. The number of thioether (sulfide) groups is 1. The smallest absolute Gasteiger partial charge is 0.256 e. The standard InChI is InChI=1S/C16H14ClN3O3S/c1-9-7-14(20-23-9)19-15(21)10(2)24-16-18-8-13(22-16)11-3-5-12(17)6-4-11/h3-8,10H,1-2H3,(H,19,20,21). The zero-order chi connectivity index (χ0) is 17.1. The number of hydrogen-bond donors (Lipinski definition) is 1. The Kier molecular flexibility index (Phi) is 4.92. The summed E-state index contributed by atoms with van der Waals surface area (Å²) in [5.74, 6) is 1.43. The van der Waals surface area contributed by atoms with Crippen LogP contribution in [0.2, 0.25) is 5.02 Å². The first-order valence-electron chi connectivity index (χ1n) is 7.14. The van der Waals surface area contributed by atoms with Gasteiger partial charge in [0.1, 0.15) is 5.76 Å². The average molecular weight is 364 g/mol. The van der Waals surface area contributed by atoms with Crippen LogP contribution in [-0.4, -0.2) is 21.3 Å². The molecule has 0 radical (unpaired) electrons. The average Bonchev–Trinajstić information content (AvgIpc) is 3.17. The van der Waals surface area contributed by atoms with Crippen LogP contribution in [0.15, 0.2) is 50.7 Å². The van der Waals surface area contributed by atoms with E-state index in [1.807, 2.05) is 12.1 Å². The summed E-state index contributed by atoms with van der Waals surface area (Å²) >= 11 is 7.09. The SMILES string of the molecule is Cc1cc(NC(=O)C(C)Sc2ncc(-c3ccc(Cl)cc3)o2)no1. The van der Waals surface area contributed by atoms with Gasteiger partial charge in [-0.25, -0.2) is 4.98 Å². The first-order valence-corrected chi connectivity index (χ1v) is 8.39. The van der Waals surface area contributed by atoms with Crippen molar-refractivity contribution in [3.8, 4) is 11.3 Å². The predicted molar refractivity (Wildman–Crippen MR) is 92.1 cm³/mol. The minimum absolute atomic E-state index is 0.209. The van der Waals surface area contributed by atoms with Crippen LogP contribution in [0.4, 0.5) is 5.82 Å². The number of carbonyl (C=O) groups is 1. The van der Waals surface area contributed by atoms with Crippen LogP contribution in [-0.2, 0) is 4.79 Å². The Bertz CT molecular complexity index is 844. The van der Waals surface area contributed by atoms with Gasteiger partial charge in [-0.05, 0) is 38.1 Å². The van der Waals surface area contributed by atoms with E-state index >= 15 is 0 Å². The fourth-order valence-electron chi connectivity index (χ4n) is 1.92. The molecule has 0 aliphatic heterocycles. The topological polar surface area (TPSA) is 81.2 Å². The molecule has 6 nitrogen and oxygen atoms in total. The van der Waals surface area contributed by atoms with E-state index in [1.165, 1.54) is 11.8 Å². The number of amides is 1. The zero-order valence-corrected chi connectivity index (χ0v) is 14.5. The van der Waals surface area contributed by atoms with E-state index in [-0.39, 0.29) is 5.91 Å². The largest absolute Gasteiger partial charge is 0.431 e. The molecular formula is C16H14ClN3O3S. The number of halogens is 1. The summed E-state index contributed by atoms with van der Waals surface area (Å²) in [4.78, 5) is 16.3. The van der Waals surface area contributed by atoms with Gasteiger partial charge in [0.25, 0.3) is 5.22 Å². The van der Waals surface area contributed by atoms with Gasteiger partial charge in [-0.15, -0.1) is 0 Å². The molecule has 1 atom stereocenters. The number of nitrogens with one attached hydrogen (secondary N) is 1. The molecule has 24 heavy (non-hydrogen) atoms. The van der Waals surface area contributed by atoms with Gasteiger partial charge in [0.05, 0.1) is 11.4 Å². The number of benzene rings is 1. The molecule has 124 valence electrons. The van der Waals surface area contributed by atoms with Crippen molar-refractivity contribution in [1.29, 1.82) is 0 Å². The zero-order valence-electron chi connectivity index (χ0n) is 12.9. The maximum absolute atomic E-state index is 12.1. The summed E-state index contributed by atoms with van der Waals surface area (Å²) in [5.41, 5.74) is 0.869. The summed E-state index contributed by atoms with van der Waals surface area (Å²) < 4.78 is 10.6. The van der Waals surface area contributed by atoms with Gasteiger partial charge in [-0.3, -0.25) is 4.79 Å². The van der Waals surface area contributed by atoms with Gasteiger partial charge in [0, 0.05) is 16.7 Å². The van der Waals surface area contributed by atoms with Crippen LogP contribution in [0.1, 0.15) is 12.7 Å². The second-order valence-electron chi connectivity index (χ2n) is 5.07. The molecule has 2 aromatic heterocycles. The Hall–Kier alpha value is -2.25. The maximum Gasteiger partial charge on any atom is 0.256 e. The highest BCUT2D eigenvalue weighted by molar-refractivity contribution is 8.00. The van der Waals surface area contributed by atoms with Crippen LogP contribution >= 0.6 is 23.4 Å². The van der Waals surface area contributed by atoms with Crippen LogP contribution in [0.3, 0.4) is 0 Å². The minimum Gasteiger partial charge on any atom is -0.431 e. The highest BCUT2D eigenvalue weighted by Gasteiger charge is 2.19.